The van der Waals surface area contributed by atoms with Gasteiger partial charge in [0.1, 0.15) is 0 Å². The van der Waals surface area contributed by atoms with E-state index >= 15 is 0 Å². The molecule has 1 rings (SSSR count). The summed E-state index contributed by atoms with van der Waals surface area (Å²) in [6.07, 6.45) is 2.45. The average Bonchev–Trinajstić information content (AvgIpc) is 2.85. The lowest BCUT2D eigenvalue weighted by molar-refractivity contribution is -0.121. The van der Waals surface area contributed by atoms with Gasteiger partial charge in [0.15, 0.2) is 5.96 Å². The second kappa shape index (κ2) is 8.98. The Labute approximate surface area is 135 Å². The molecule has 1 unspecified atom stereocenters. The zero-order valence-electron chi connectivity index (χ0n) is 14.8. The minimum atomic E-state index is -0.206. The van der Waals surface area contributed by atoms with E-state index in [1.54, 1.807) is 7.05 Å². The van der Waals surface area contributed by atoms with Crippen molar-refractivity contribution in [2.24, 2.45) is 10.9 Å². The summed E-state index contributed by atoms with van der Waals surface area (Å²) < 4.78 is 0. The predicted molar refractivity (Wildman–Crippen MR) is 92.1 cm³/mol. The lowest BCUT2D eigenvalue weighted by Gasteiger charge is -2.21. The summed E-state index contributed by atoms with van der Waals surface area (Å²) in [6.45, 7) is 12.8. The van der Waals surface area contributed by atoms with Crippen molar-refractivity contribution in [3.05, 3.63) is 0 Å². The van der Waals surface area contributed by atoms with Gasteiger partial charge in [0.25, 0.3) is 0 Å². The van der Waals surface area contributed by atoms with E-state index in [9.17, 15) is 4.79 Å². The third kappa shape index (κ3) is 7.64. The summed E-state index contributed by atoms with van der Waals surface area (Å²) in [5.41, 5.74) is -0.206. The number of rotatable bonds is 6. The van der Waals surface area contributed by atoms with Crippen LogP contribution in [0.25, 0.3) is 0 Å². The van der Waals surface area contributed by atoms with Crippen LogP contribution in [-0.4, -0.2) is 62.1 Å². The fourth-order valence-corrected chi connectivity index (χ4v) is 2.69. The normalized spacial score (nSPS) is 20.0. The molecule has 3 N–H and O–H groups in total. The minimum absolute atomic E-state index is 0.0227. The smallest absolute Gasteiger partial charge is 0.239 e. The maximum atomic E-state index is 11.8. The molecule has 1 fully saturated rings. The van der Waals surface area contributed by atoms with Gasteiger partial charge in [0.05, 0.1) is 6.54 Å². The summed E-state index contributed by atoms with van der Waals surface area (Å²) in [7, 11) is 1.73. The number of nitrogens with zero attached hydrogens (tertiary/aromatic N) is 2. The molecule has 1 amide bonds. The van der Waals surface area contributed by atoms with Crippen LogP contribution in [0, 0.1) is 5.92 Å². The van der Waals surface area contributed by atoms with Crippen LogP contribution in [0.15, 0.2) is 4.99 Å². The van der Waals surface area contributed by atoms with E-state index in [2.05, 4.69) is 32.8 Å². The Kier molecular flexibility index (Phi) is 7.65. The molecule has 6 heteroatoms. The summed E-state index contributed by atoms with van der Waals surface area (Å²) in [6, 6.07) is 0. The highest BCUT2D eigenvalue weighted by Crippen LogP contribution is 2.15. The highest BCUT2D eigenvalue weighted by atomic mass is 16.2. The number of nitrogens with one attached hydrogen (secondary N) is 3. The zero-order chi connectivity index (χ0) is 16.6. The topological polar surface area (TPSA) is 68.8 Å². The highest BCUT2D eigenvalue weighted by molar-refractivity contribution is 5.86. The van der Waals surface area contributed by atoms with Crippen LogP contribution in [0.4, 0.5) is 0 Å². The fraction of sp³-hybridized carbons (Fsp3) is 0.875. The molecule has 22 heavy (non-hydrogen) atoms. The van der Waals surface area contributed by atoms with Crippen LogP contribution in [0.5, 0.6) is 0 Å². The maximum Gasteiger partial charge on any atom is 0.239 e. The molecule has 0 aromatic rings. The van der Waals surface area contributed by atoms with Crippen molar-refractivity contribution < 1.29 is 4.79 Å². The van der Waals surface area contributed by atoms with Gasteiger partial charge in [0, 0.05) is 25.7 Å². The predicted octanol–water partition coefficient (Wildman–Crippen LogP) is 0.798. The molecule has 0 saturated carbocycles. The van der Waals surface area contributed by atoms with Crippen molar-refractivity contribution in [3.63, 3.8) is 0 Å². The van der Waals surface area contributed by atoms with E-state index < -0.39 is 0 Å². The van der Waals surface area contributed by atoms with Crippen molar-refractivity contribution in [2.45, 2.75) is 46.1 Å². The van der Waals surface area contributed by atoms with E-state index in [1.165, 1.54) is 25.9 Å². The first-order chi connectivity index (χ1) is 10.3. The van der Waals surface area contributed by atoms with Crippen LogP contribution in [0.3, 0.4) is 0 Å². The van der Waals surface area contributed by atoms with Gasteiger partial charge < -0.3 is 20.9 Å². The summed E-state index contributed by atoms with van der Waals surface area (Å²) in [5.74, 6) is 1.33. The lowest BCUT2D eigenvalue weighted by Crippen LogP contribution is -2.48. The first-order valence-corrected chi connectivity index (χ1v) is 8.32. The van der Waals surface area contributed by atoms with Crippen LogP contribution in [0.1, 0.15) is 40.5 Å². The molecule has 128 valence electrons. The zero-order valence-corrected chi connectivity index (χ0v) is 14.8. The number of guanidine groups is 1. The number of aliphatic imine (C=N–C) groups is 1. The number of carbonyl (C=O) groups excluding carboxylic acids is 1. The third-order valence-electron chi connectivity index (χ3n) is 3.62. The largest absolute Gasteiger partial charge is 0.356 e. The van der Waals surface area contributed by atoms with E-state index in [0.717, 1.165) is 13.1 Å². The van der Waals surface area contributed by atoms with Gasteiger partial charge in [-0.05, 0) is 52.6 Å². The number of likely N-dealkylation sites (tertiary alicyclic amines) is 1. The molecule has 0 bridgehead atoms. The Hall–Kier alpha value is -1.30. The lowest BCUT2D eigenvalue weighted by atomic mass is 10.1. The monoisotopic (exact) mass is 311 g/mol. The van der Waals surface area contributed by atoms with Crippen molar-refractivity contribution >= 4 is 11.9 Å². The van der Waals surface area contributed by atoms with Crippen molar-refractivity contribution in [2.75, 3.05) is 39.8 Å². The molecule has 1 heterocycles. The Balaban J connectivity index is 2.25. The number of amides is 1. The number of carbonyl (C=O) groups is 1. The quantitative estimate of drug-likeness (QED) is 0.501. The SMILES string of the molecule is CCCN1CCC(CNC(=NC)NCC(=O)NC(C)(C)C)C1. The van der Waals surface area contributed by atoms with Gasteiger partial charge in [-0.15, -0.1) is 0 Å². The summed E-state index contributed by atoms with van der Waals surface area (Å²) >= 11 is 0. The summed E-state index contributed by atoms with van der Waals surface area (Å²) in [4.78, 5) is 18.5. The second-order valence-corrected chi connectivity index (χ2v) is 7.06. The van der Waals surface area contributed by atoms with Crippen molar-refractivity contribution in [1.29, 1.82) is 0 Å². The van der Waals surface area contributed by atoms with Crippen molar-refractivity contribution in [1.82, 2.24) is 20.9 Å². The van der Waals surface area contributed by atoms with Crippen LogP contribution in [0.2, 0.25) is 0 Å². The molecule has 1 aliphatic rings. The van der Waals surface area contributed by atoms with Gasteiger partial charge in [-0.1, -0.05) is 6.92 Å². The van der Waals surface area contributed by atoms with Gasteiger partial charge in [-0.25, -0.2) is 0 Å². The molecule has 0 radical (unpaired) electrons. The molecular weight excluding hydrogens is 278 g/mol. The Morgan fingerprint density at radius 3 is 2.64 bits per heavy atom. The second-order valence-electron chi connectivity index (χ2n) is 7.06. The first kappa shape index (κ1) is 18.7. The Bertz CT molecular complexity index is 375. The molecule has 0 aliphatic carbocycles. The number of hydrogen-bond donors (Lipinski definition) is 3. The van der Waals surface area contributed by atoms with Crippen LogP contribution < -0.4 is 16.0 Å². The van der Waals surface area contributed by atoms with E-state index in [0.29, 0.717) is 11.9 Å². The van der Waals surface area contributed by atoms with Crippen molar-refractivity contribution in [3.8, 4) is 0 Å². The maximum absolute atomic E-state index is 11.8. The molecule has 1 saturated heterocycles. The highest BCUT2D eigenvalue weighted by Gasteiger charge is 2.21. The first-order valence-electron chi connectivity index (χ1n) is 8.32. The minimum Gasteiger partial charge on any atom is -0.356 e. The molecule has 6 nitrogen and oxygen atoms in total. The van der Waals surface area contributed by atoms with Gasteiger partial charge >= 0.3 is 0 Å². The number of hydrogen-bond acceptors (Lipinski definition) is 3. The average molecular weight is 311 g/mol. The molecular formula is C16H33N5O. The Morgan fingerprint density at radius 2 is 2.05 bits per heavy atom. The standard InChI is InChI=1S/C16H33N5O/c1-6-8-21-9-7-13(12-21)10-18-15(17-5)19-11-14(22)20-16(2,3)4/h13H,6-12H2,1-5H3,(H,20,22)(H2,17,18,19). The fourth-order valence-electron chi connectivity index (χ4n) is 2.69. The molecule has 0 aromatic heterocycles. The van der Waals surface area contributed by atoms with Crippen LogP contribution in [-0.2, 0) is 4.79 Å². The van der Waals surface area contributed by atoms with Gasteiger partial charge in [-0.2, -0.15) is 0 Å². The molecule has 1 atom stereocenters. The van der Waals surface area contributed by atoms with Crippen LogP contribution >= 0.6 is 0 Å². The molecule has 0 spiro atoms. The Morgan fingerprint density at radius 1 is 1.32 bits per heavy atom. The van der Waals surface area contributed by atoms with E-state index in [4.69, 9.17) is 0 Å². The van der Waals surface area contributed by atoms with E-state index in [-0.39, 0.29) is 18.0 Å². The molecule has 0 aromatic carbocycles. The third-order valence-corrected chi connectivity index (χ3v) is 3.62. The molecule has 1 aliphatic heterocycles. The van der Waals surface area contributed by atoms with E-state index in [1.807, 2.05) is 20.8 Å². The van der Waals surface area contributed by atoms with Gasteiger partial charge in [0.2, 0.25) is 5.91 Å². The van der Waals surface area contributed by atoms with Gasteiger partial charge in [-0.3, -0.25) is 9.79 Å². The summed E-state index contributed by atoms with van der Waals surface area (Å²) in [5, 5.41) is 9.31.